The SMILES string of the molecule is CC(C)(C)C[C@H](N)C(=O)O.COC(=O)[C@@H](N)CC(C)(C)C.Cl. The van der Waals surface area contributed by atoms with E-state index in [0.717, 1.165) is 0 Å². The zero-order valence-electron chi connectivity index (χ0n) is 14.8. The van der Waals surface area contributed by atoms with Gasteiger partial charge in [0, 0.05) is 0 Å². The fraction of sp³-hybridized carbons (Fsp3) is 0.867. The van der Waals surface area contributed by atoms with Gasteiger partial charge in [0.05, 0.1) is 7.11 Å². The molecule has 0 unspecified atom stereocenters. The van der Waals surface area contributed by atoms with Crippen molar-refractivity contribution in [3.8, 4) is 0 Å². The smallest absolute Gasteiger partial charge is 0.322 e. The third kappa shape index (κ3) is 17.2. The summed E-state index contributed by atoms with van der Waals surface area (Å²) in [5, 5.41) is 8.42. The summed E-state index contributed by atoms with van der Waals surface area (Å²) in [6.07, 6.45) is 1.17. The van der Waals surface area contributed by atoms with Crippen LogP contribution in [-0.2, 0) is 14.3 Å². The maximum absolute atomic E-state index is 10.8. The van der Waals surface area contributed by atoms with E-state index in [-0.39, 0.29) is 29.2 Å². The number of carboxylic acid groups (broad SMARTS) is 1. The summed E-state index contributed by atoms with van der Waals surface area (Å²) in [7, 11) is 1.35. The summed E-state index contributed by atoms with van der Waals surface area (Å²) < 4.78 is 4.49. The molecule has 22 heavy (non-hydrogen) atoms. The van der Waals surface area contributed by atoms with E-state index in [0.29, 0.717) is 12.8 Å². The van der Waals surface area contributed by atoms with Crippen LogP contribution in [0.25, 0.3) is 0 Å². The van der Waals surface area contributed by atoms with Crippen LogP contribution in [0.2, 0.25) is 0 Å². The molecule has 0 aromatic carbocycles. The molecule has 7 heteroatoms. The number of halogens is 1. The summed E-state index contributed by atoms with van der Waals surface area (Å²) in [6.45, 7) is 12.0. The number of methoxy groups -OCH3 is 1. The number of hydrogen-bond donors (Lipinski definition) is 3. The van der Waals surface area contributed by atoms with Crippen LogP contribution in [0.3, 0.4) is 0 Å². The average molecular weight is 341 g/mol. The number of aliphatic carboxylic acids is 1. The van der Waals surface area contributed by atoms with Crippen LogP contribution in [0.5, 0.6) is 0 Å². The summed E-state index contributed by atoms with van der Waals surface area (Å²) >= 11 is 0. The fourth-order valence-corrected chi connectivity index (χ4v) is 1.64. The number of carbonyl (C=O) groups excluding carboxylic acids is 1. The quantitative estimate of drug-likeness (QED) is 0.675. The molecular weight excluding hydrogens is 308 g/mol. The van der Waals surface area contributed by atoms with Crippen molar-refractivity contribution >= 4 is 24.3 Å². The number of carbonyl (C=O) groups is 2. The third-order valence-corrected chi connectivity index (χ3v) is 2.49. The van der Waals surface area contributed by atoms with Crippen molar-refractivity contribution in [3.05, 3.63) is 0 Å². The van der Waals surface area contributed by atoms with E-state index < -0.39 is 18.1 Å². The first-order valence-corrected chi connectivity index (χ1v) is 7.01. The van der Waals surface area contributed by atoms with Gasteiger partial charge in [0.1, 0.15) is 12.1 Å². The van der Waals surface area contributed by atoms with Crippen LogP contribution >= 0.6 is 12.4 Å². The molecule has 0 amide bonds. The van der Waals surface area contributed by atoms with Gasteiger partial charge in [-0.15, -0.1) is 12.4 Å². The molecule has 0 spiro atoms. The molecule has 0 saturated carbocycles. The van der Waals surface area contributed by atoms with E-state index >= 15 is 0 Å². The van der Waals surface area contributed by atoms with Crippen molar-refractivity contribution < 1.29 is 19.4 Å². The summed E-state index contributed by atoms with van der Waals surface area (Å²) in [5.74, 6) is -1.25. The number of hydrogen-bond acceptors (Lipinski definition) is 5. The molecule has 134 valence electrons. The second kappa shape index (κ2) is 10.8. The Morgan fingerprint density at radius 1 is 0.955 bits per heavy atom. The highest BCUT2D eigenvalue weighted by atomic mass is 35.5. The van der Waals surface area contributed by atoms with Crippen molar-refractivity contribution in [3.63, 3.8) is 0 Å². The zero-order chi connectivity index (χ0) is 17.4. The maximum atomic E-state index is 10.8. The second-order valence-electron chi connectivity index (χ2n) is 7.60. The number of nitrogens with two attached hydrogens (primary N) is 2. The van der Waals surface area contributed by atoms with E-state index in [4.69, 9.17) is 16.6 Å². The Hall–Kier alpha value is -0.850. The van der Waals surface area contributed by atoms with Crippen molar-refractivity contribution in [2.24, 2.45) is 22.3 Å². The molecule has 0 aromatic heterocycles. The van der Waals surface area contributed by atoms with E-state index in [1.54, 1.807) is 0 Å². The molecule has 2 atom stereocenters. The highest BCUT2D eigenvalue weighted by Gasteiger charge is 2.21. The minimum absolute atomic E-state index is 0. The van der Waals surface area contributed by atoms with Gasteiger partial charge in [-0.1, -0.05) is 41.5 Å². The molecule has 0 aliphatic heterocycles. The first-order chi connectivity index (χ1) is 9.19. The van der Waals surface area contributed by atoms with Crippen molar-refractivity contribution in [1.29, 1.82) is 0 Å². The van der Waals surface area contributed by atoms with Crippen molar-refractivity contribution in [2.45, 2.75) is 66.5 Å². The topological polar surface area (TPSA) is 116 Å². The largest absolute Gasteiger partial charge is 0.480 e. The first kappa shape index (κ1) is 26.1. The van der Waals surface area contributed by atoms with Crippen LogP contribution in [0.4, 0.5) is 0 Å². The van der Waals surface area contributed by atoms with Crippen LogP contribution in [0, 0.1) is 10.8 Å². The predicted octanol–water partition coefficient (Wildman–Crippen LogP) is 2.18. The van der Waals surface area contributed by atoms with Crippen LogP contribution < -0.4 is 11.5 Å². The van der Waals surface area contributed by atoms with E-state index in [1.165, 1.54) is 7.11 Å². The Morgan fingerprint density at radius 2 is 1.27 bits per heavy atom. The van der Waals surface area contributed by atoms with Gasteiger partial charge in [-0.2, -0.15) is 0 Å². The van der Waals surface area contributed by atoms with Gasteiger partial charge < -0.3 is 21.3 Å². The van der Waals surface area contributed by atoms with Crippen LogP contribution in [0.15, 0.2) is 0 Å². The molecular formula is C15H33ClN2O4. The molecule has 0 heterocycles. The zero-order valence-corrected chi connectivity index (χ0v) is 15.6. The Labute approximate surface area is 140 Å². The third-order valence-electron chi connectivity index (χ3n) is 2.49. The van der Waals surface area contributed by atoms with Crippen LogP contribution in [-0.4, -0.2) is 36.2 Å². The highest BCUT2D eigenvalue weighted by molar-refractivity contribution is 5.85. The predicted molar refractivity (Wildman–Crippen MR) is 91.0 cm³/mol. The lowest BCUT2D eigenvalue weighted by Gasteiger charge is -2.21. The van der Waals surface area contributed by atoms with Gasteiger partial charge in [0.15, 0.2) is 0 Å². The lowest BCUT2D eigenvalue weighted by molar-refractivity contribution is -0.143. The Bertz CT molecular complexity index is 335. The lowest BCUT2D eigenvalue weighted by atomic mass is 9.88. The van der Waals surface area contributed by atoms with Crippen molar-refractivity contribution in [2.75, 3.05) is 7.11 Å². The minimum Gasteiger partial charge on any atom is -0.480 e. The van der Waals surface area contributed by atoms with Gasteiger partial charge in [-0.05, 0) is 23.7 Å². The van der Waals surface area contributed by atoms with E-state index in [9.17, 15) is 9.59 Å². The molecule has 6 nitrogen and oxygen atoms in total. The second-order valence-corrected chi connectivity index (χ2v) is 7.60. The van der Waals surface area contributed by atoms with Gasteiger partial charge in [-0.25, -0.2) is 0 Å². The Morgan fingerprint density at radius 3 is 1.45 bits per heavy atom. The number of ether oxygens (including phenoxy) is 1. The summed E-state index contributed by atoms with van der Waals surface area (Å²) in [5.41, 5.74) is 10.9. The van der Waals surface area contributed by atoms with Gasteiger partial charge in [0.25, 0.3) is 0 Å². The molecule has 0 radical (unpaired) electrons. The molecule has 0 aliphatic carbocycles. The molecule has 0 fully saturated rings. The summed E-state index contributed by atoms with van der Waals surface area (Å²) in [4.78, 5) is 21.1. The molecule has 0 aliphatic rings. The Balaban J connectivity index is -0.000000315. The maximum Gasteiger partial charge on any atom is 0.322 e. The number of esters is 1. The standard InChI is InChI=1S/C8H17NO2.C7H15NO2.ClH/c1-8(2,3)5-6(9)7(10)11-4;1-7(2,3)4-5(8)6(9)10;/h6H,5,9H2,1-4H3;5H,4,8H2,1-3H3,(H,9,10);1H/t6-;5-;/m00./s1. The number of rotatable bonds is 4. The first-order valence-electron chi connectivity index (χ1n) is 7.01. The monoisotopic (exact) mass is 340 g/mol. The van der Waals surface area contributed by atoms with Gasteiger partial charge >= 0.3 is 11.9 Å². The molecule has 0 aromatic rings. The fourth-order valence-electron chi connectivity index (χ4n) is 1.64. The molecule has 0 bridgehead atoms. The van der Waals surface area contributed by atoms with E-state index in [1.807, 2.05) is 41.5 Å². The van der Waals surface area contributed by atoms with Gasteiger partial charge in [-0.3, -0.25) is 9.59 Å². The molecule has 0 rings (SSSR count). The minimum atomic E-state index is -0.921. The lowest BCUT2D eigenvalue weighted by Crippen LogP contribution is -2.35. The summed E-state index contributed by atoms with van der Waals surface area (Å²) in [6, 6.07) is -1.21. The van der Waals surface area contributed by atoms with Crippen molar-refractivity contribution in [1.82, 2.24) is 0 Å². The average Bonchev–Trinajstić information content (AvgIpc) is 2.24. The molecule has 5 N–H and O–H groups in total. The Kier molecular flexibility index (Phi) is 12.8. The van der Waals surface area contributed by atoms with Gasteiger partial charge in [0.2, 0.25) is 0 Å². The number of carboxylic acids is 1. The molecule has 0 saturated heterocycles. The normalized spacial score (nSPS) is 13.9. The van der Waals surface area contributed by atoms with E-state index in [2.05, 4.69) is 4.74 Å². The van der Waals surface area contributed by atoms with Crippen LogP contribution in [0.1, 0.15) is 54.4 Å². The highest BCUT2D eigenvalue weighted by Crippen LogP contribution is 2.20.